The maximum absolute atomic E-state index is 13.1. The Kier molecular flexibility index (Phi) is 4.69. The van der Waals surface area contributed by atoms with Crippen LogP contribution in [0, 0.1) is 11.6 Å². The average Bonchev–Trinajstić information content (AvgIpc) is 2.28. The number of halogens is 2. The van der Waals surface area contributed by atoms with E-state index >= 15 is 0 Å². The molecular formula is C11H14F2N2O. The van der Waals surface area contributed by atoms with E-state index in [9.17, 15) is 13.6 Å². The highest BCUT2D eigenvalue weighted by molar-refractivity contribution is 5.75. The summed E-state index contributed by atoms with van der Waals surface area (Å²) in [7, 11) is 1.56. The van der Waals surface area contributed by atoms with Crippen LogP contribution in [0.25, 0.3) is 0 Å². The van der Waals surface area contributed by atoms with Crippen molar-refractivity contribution >= 4 is 11.6 Å². The molecule has 0 spiro atoms. The zero-order valence-corrected chi connectivity index (χ0v) is 9.02. The van der Waals surface area contributed by atoms with Gasteiger partial charge in [-0.25, -0.2) is 8.78 Å². The van der Waals surface area contributed by atoms with Gasteiger partial charge in [-0.05, 0) is 24.6 Å². The molecule has 1 aromatic rings. The fraction of sp³-hybridized carbons (Fsp3) is 0.364. The van der Waals surface area contributed by atoms with Gasteiger partial charge in [0.2, 0.25) is 5.91 Å². The molecular weight excluding hydrogens is 214 g/mol. The second-order valence-corrected chi connectivity index (χ2v) is 3.33. The fourth-order valence-electron chi connectivity index (χ4n) is 1.23. The Labute approximate surface area is 92.8 Å². The average molecular weight is 228 g/mol. The number of nitrogens with one attached hydrogen (secondary N) is 2. The van der Waals surface area contributed by atoms with E-state index in [1.807, 2.05) is 0 Å². The molecule has 0 unspecified atom stereocenters. The van der Waals surface area contributed by atoms with Crippen LogP contribution in [0.5, 0.6) is 0 Å². The molecule has 2 N–H and O–H groups in total. The van der Waals surface area contributed by atoms with Crippen molar-refractivity contribution in [3.8, 4) is 0 Å². The van der Waals surface area contributed by atoms with Crippen molar-refractivity contribution in [1.29, 1.82) is 0 Å². The third-order valence-electron chi connectivity index (χ3n) is 2.10. The molecule has 0 aliphatic rings. The lowest BCUT2D eigenvalue weighted by Crippen LogP contribution is -2.18. The van der Waals surface area contributed by atoms with E-state index in [2.05, 4.69) is 10.6 Å². The van der Waals surface area contributed by atoms with E-state index < -0.39 is 11.6 Å². The second kappa shape index (κ2) is 6.05. The number of benzene rings is 1. The molecule has 5 heteroatoms. The van der Waals surface area contributed by atoms with Crippen LogP contribution in [-0.4, -0.2) is 19.5 Å². The van der Waals surface area contributed by atoms with E-state index in [0.717, 1.165) is 18.2 Å². The molecule has 0 saturated carbocycles. The maximum Gasteiger partial charge on any atom is 0.219 e. The van der Waals surface area contributed by atoms with Gasteiger partial charge >= 0.3 is 0 Å². The summed E-state index contributed by atoms with van der Waals surface area (Å²) in [4.78, 5) is 10.9. The van der Waals surface area contributed by atoms with Gasteiger partial charge in [0.25, 0.3) is 0 Å². The predicted molar refractivity (Wildman–Crippen MR) is 58.1 cm³/mol. The standard InChI is InChI=1S/C11H14F2N2O/c1-14-11(16)3-2-6-15-10-7-8(12)4-5-9(10)13/h4-5,7,15H,2-3,6H2,1H3,(H,14,16). The lowest BCUT2D eigenvalue weighted by atomic mass is 10.2. The number of hydrogen-bond acceptors (Lipinski definition) is 2. The van der Waals surface area contributed by atoms with Crippen molar-refractivity contribution in [2.75, 3.05) is 18.9 Å². The lowest BCUT2D eigenvalue weighted by molar-refractivity contribution is -0.120. The number of amides is 1. The highest BCUT2D eigenvalue weighted by Gasteiger charge is 2.03. The summed E-state index contributed by atoms with van der Waals surface area (Å²) in [5.41, 5.74) is 0.122. The molecule has 0 heterocycles. The van der Waals surface area contributed by atoms with Crippen molar-refractivity contribution in [3.05, 3.63) is 29.8 Å². The molecule has 1 aromatic carbocycles. The fourth-order valence-corrected chi connectivity index (χ4v) is 1.23. The molecule has 0 aliphatic heterocycles. The van der Waals surface area contributed by atoms with Crippen LogP contribution in [0.15, 0.2) is 18.2 Å². The molecule has 0 saturated heterocycles. The van der Waals surface area contributed by atoms with Gasteiger partial charge in [-0.15, -0.1) is 0 Å². The first-order chi connectivity index (χ1) is 7.63. The van der Waals surface area contributed by atoms with Crippen LogP contribution < -0.4 is 10.6 Å². The molecule has 3 nitrogen and oxygen atoms in total. The van der Waals surface area contributed by atoms with Crippen LogP contribution in [-0.2, 0) is 4.79 Å². The molecule has 0 bridgehead atoms. The zero-order valence-electron chi connectivity index (χ0n) is 9.02. The molecule has 1 rings (SSSR count). The molecule has 1 amide bonds. The first-order valence-electron chi connectivity index (χ1n) is 5.03. The van der Waals surface area contributed by atoms with E-state index in [0.29, 0.717) is 19.4 Å². The van der Waals surface area contributed by atoms with E-state index in [4.69, 9.17) is 0 Å². The minimum Gasteiger partial charge on any atom is -0.383 e. The predicted octanol–water partition coefficient (Wildman–Crippen LogP) is 1.90. The smallest absolute Gasteiger partial charge is 0.219 e. The van der Waals surface area contributed by atoms with Crippen LogP contribution in [0.3, 0.4) is 0 Å². The minimum absolute atomic E-state index is 0.0680. The first-order valence-corrected chi connectivity index (χ1v) is 5.03. The van der Waals surface area contributed by atoms with E-state index in [1.165, 1.54) is 0 Å². The Morgan fingerprint density at radius 3 is 2.81 bits per heavy atom. The van der Waals surface area contributed by atoms with Crippen molar-refractivity contribution in [2.24, 2.45) is 0 Å². The molecule has 0 atom stereocenters. The van der Waals surface area contributed by atoms with Crippen LogP contribution in [0.1, 0.15) is 12.8 Å². The summed E-state index contributed by atoms with van der Waals surface area (Å²) in [6, 6.07) is 3.22. The van der Waals surface area contributed by atoms with E-state index in [-0.39, 0.29) is 11.6 Å². The number of carbonyl (C=O) groups is 1. The molecule has 16 heavy (non-hydrogen) atoms. The monoisotopic (exact) mass is 228 g/mol. The van der Waals surface area contributed by atoms with Gasteiger partial charge in [0.05, 0.1) is 5.69 Å². The highest BCUT2D eigenvalue weighted by atomic mass is 19.1. The SMILES string of the molecule is CNC(=O)CCCNc1cc(F)ccc1F. The van der Waals surface area contributed by atoms with Gasteiger partial charge in [-0.1, -0.05) is 0 Å². The number of anilines is 1. The first kappa shape index (κ1) is 12.4. The highest BCUT2D eigenvalue weighted by Crippen LogP contribution is 2.14. The topological polar surface area (TPSA) is 41.1 Å². The summed E-state index contributed by atoms with van der Waals surface area (Å²) in [6.07, 6.45) is 0.927. The van der Waals surface area contributed by atoms with Gasteiger partial charge in [-0.2, -0.15) is 0 Å². The largest absolute Gasteiger partial charge is 0.383 e. The van der Waals surface area contributed by atoms with Gasteiger partial charge in [-0.3, -0.25) is 4.79 Å². The minimum atomic E-state index is -0.499. The Balaban J connectivity index is 2.37. The molecule has 0 aliphatic carbocycles. The molecule has 0 fully saturated rings. The summed E-state index contributed by atoms with van der Waals surface area (Å²) >= 11 is 0. The number of rotatable bonds is 5. The maximum atomic E-state index is 13.1. The van der Waals surface area contributed by atoms with Crippen molar-refractivity contribution in [3.63, 3.8) is 0 Å². The van der Waals surface area contributed by atoms with Gasteiger partial charge < -0.3 is 10.6 Å². The van der Waals surface area contributed by atoms with Gasteiger partial charge in [0.15, 0.2) is 0 Å². The van der Waals surface area contributed by atoms with Crippen molar-refractivity contribution < 1.29 is 13.6 Å². The van der Waals surface area contributed by atoms with Gasteiger partial charge in [0.1, 0.15) is 11.6 Å². The van der Waals surface area contributed by atoms with Gasteiger partial charge in [0, 0.05) is 20.0 Å². The number of carbonyl (C=O) groups excluding carboxylic acids is 1. The summed E-state index contributed by atoms with van der Waals surface area (Å²) < 4.78 is 25.9. The van der Waals surface area contributed by atoms with E-state index in [1.54, 1.807) is 7.05 Å². The lowest BCUT2D eigenvalue weighted by Gasteiger charge is -2.07. The molecule has 88 valence electrons. The third kappa shape index (κ3) is 3.84. The Morgan fingerprint density at radius 2 is 2.12 bits per heavy atom. The normalized spacial score (nSPS) is 9.94. The van der Waals surface area contributed by atoms with Crippen molar-refractivity contribution in [1.82, 2.24) is 5.32 Å². The summed E-state index contributed by atoms with van der Waals surface area (Å²) in [5, 5.41) is 5.22. The van der Waals surface area contributed by atoms with Crippen molar-refractivity contribution in [2.45, 2.75) is 12.8 Å². The third-order valence-corrected chi connectivity index (χ3v) is 2.10. The quantitative estimate of drug-likeness (QED) is 0.756. The van der Waals surface area contributed by atoms with Crippen LogP contribution in [0.4, 0.5) is 14.5 Å². The second-order valence-electron chi connectivity index (χ2n) is 3.33. The zero-order chi connectivity index (χ0) is 12.0. The molecule has 0 radical (unpaired) electrons. The Morgan fingerprint density at radius 1 is 1.38 bits per heavy atom. The summed E-state index contributed by atoms with van der Waals surface area (Å²) in [5.74, 6) is -1.06. The Hall–Kier alpha value is -1.65. The van der Waals surface area contributed by atoms with Crippen LogP contribution in [0.2, 0.25) is 0 Å². The molecule has 0 aromatic heterocycles. The Bertz CT molecular complexity index is 369. The van der Waals surface area contributed by atoms with Crippen LogP contribution >= 0.6 is 0 Å². The summed E-state index contributed by atoms with van der Waals surface area (Å²) in [6.45, 7) is 0.424. The number of hydrogen-bond donors (Lipinski definition) is 2.